The van der Waals surface area contributed by atoms with Gasteiger partial charge >= 0.3 is 18.0 Å². The minimum atomic E-state index is -1.03. The molecular weight excluding hydrogens is 322 g/mol. The monoisotopic (exact) mass is 347 g/mol. The number of urea groups is 2. The number of carbonyl (C=O) groups excluding carboxylic acids is 3. The molecule has 136 valence electrons. The summed E-state index contributed by atoms with van der Waals surface area (Å²) in [5.74, 6) is -0.403. The van der Waals surface area contributed by atoms with E-state index in [4.69, 9.17) is 4.74 Å². The third-order valence-corrected chi connectivity index (χ3v) is 4.99. The molecule has 0 aromatic heterocycles. The molecule has 4 amide bonds. The standard InChI is InChI=1S/C18H25N3O4/c22-15(25-13-14-7-3-1-4-8-14)18(9-5-2-6-10-18)20-17(24)21-12-11-19-16(21)23/h3,7-8H,1-2,4-6,9-13H2,(H,19,23)(H,20,24). The molecule has 0 bridgehead atoms. The molecule has 1 heterocycles. The molecule has 0 aromatic carbocycles. The number of allylic oxidation sites excluding steroid dienone is 2. The number of ether oxygens (including phenoxy) is 1. The highest BCUT2D eigenvalue weighted by Crippen LogP contribution is 2.30. The van der Waals surface area contributed by atoms with Crippen molar-refractivity contribution in [3.05, 3.63) is 23.8 Å². The molecule has 0 unspecified atom stereocenters. The average Bonchev–Trinajstić information content (AvgIpc) is 3.07. The summed E-state index contributed by atoms with van der Waals surface area (Å²) in [6, 6.07) is -0.944. The fourth-order valence-corrected chi connectivity index (χ4v) is 3.53. The Labute approximate surface area is 147 Å². The van der Waals surface area contributed by atoms with Gasteiger partial charge < -0.3 is 15.4 Å². The van der Waals surface area contributed by atoms with Crippen molar-refractivity contribution < 1.29 is 19.1 Å². The number of hydrogen-bond acceptors (Lipinski definition) is 4. The minimum absolute atomic E-state index is 0.219. The molecule has 2 N–H and O–H groups in total. The molecule has 0 atom stereocenters. The Morgan fingerprint density at radius 1 is 1.24 bits per heavy atom. The zero-order chi connectivity index (χ0) is 17.7. The lowest BCUT2D eigenvalue weighted by molar-refractivity contribution is -0.151. The number of nitrogens with zero attached hydrogens (tertiary/aromatic N) is 1. The Morgan fingerprint density at radius 3 is 2.68 bits per heavy atom. The van der Waals surface area contributed by atoms with Crippen molar-refractivity contribution in [3.8, 4) is 0 Å². The van der Waals surface area contributed by atoms with Gasteiger partial charge in [-0.15, -0.1) is 0 Å². The second-order valence-electron chi connectivity index (χ2n) is 6.79. The smallest absolute Gasteiger partial charge is 0.332 e. The minimum Gasteiger partial charge on any atom is -0.459 e. The van der Waals surface area contributed by atoms with Crippen LogP contribution < -0.4 is 10.6 Å². The Hall–Kier alpha value is -2.31. The van der Waals surface area contributed by atoms with E-state index in [1.54, 1.807) is 0 Å². The van der Waals surface area contributed by atoms with Gasteiger partial charge in [0.15, 0.2) is 0 Å². The van der Waals surface area contributed by atoms with Crippen molar-refractivity contribution in [2.75, 3.05) is 19.7 Å². The summed E-state index contributed by atoms with van der Waals surface area (Å²) in [6.07, 6.45) is 11.9. The van der Waals surface area contributed by atoms with Crippen molar-refractivity contribution in [2.45, 2.75) is 50.5 Å². The fourth-order valence-electron chi connectivity index (χ4n) is 3.53. The van der Waals surface area contributed by atoms with Crippen LogP contribution in [-0.4, -0.2) is 48.2 Å². The van der Waals surface area contributed by atoms with E-state index >= 15 is 0 Å². The first-order chi connectivity index (χ1) is 12.1. The predicted molar refractivity (Wildman–Crippen MR) is 91.9 cm³/mol. The highest BCUT2D eigenvalue weighted by atomic mass is 16.5. The highest BCUT2D eigenvalue weighted by molar-refractivity contribution is 5.97. The van der Waals surface area contributed by atoms with Gasteiger partial charge in [0.05, 0.1) is 0 Å². The molecule has 2 aliphatic carbocycles. The zero-order valence-corrected chi connectivity index (χ0v) is 14.4. The van der Waals surface area contributed by atoms with E-state index in [0.717, 1.165) is 42.6 Å². The van der Waals surface area contributed by atoms with Crippen LogP contribution in [0.3, 0.4) is 0 Å². The molecule has 25 heavy (non-hydrogen) atoms. The SMILES string of the molecule is O=C1NCCN1C(=O)NC1(C(=O)OCC2=CCCC=C2)CCCCC1. The van der Waals surface area contributed by atoms with Crippen LogP contribution in [-0.2, 0) is 9.53 Å². The van der Waals surface area contributed by atoms with Gasteiger partial charge in [0.1, 0.15) is 12.1 Å². The van der Waals surface area contributed by atoms with E-state index in [1.807, 2.05) is 6.08 Å². The van der Waals surface area contributed by atoms with Crippen LogP contribution in [0.25, 0.3) is 0 Å². The normalized spacial score (nSPS) is 22.2. The summed E-state index contributed by atoms with van der Waals surface area (Å²) in [5, 5.41) is 5.40. The van der Waals surface area contributed by atoms with Crippen LogP contribution in [0.1, 0.15) is 44.9 Å². The topological polar surface area (TPSA) is 87.7 Å². The van der Waals surface area contributed by atoms with Crippen LogP contribution in [0.4, 0.5) is 9.59 Å². The molecular formula is C18H25N3O4. The maximum atomic E-state index is 12.8. The number of rotatable bonds is 4. The van der Waals surface area contributed by atoms with Crippen LogP contribution in [0, 0.1) is 0 Å². The second kappa shape index (κ2) is 7.72. The first-order valence-electron chi connectivity index (χ1n) is 9.01. The van der Waals surface area contributed by atoms with Crippen LogP contribution in [0.2, 0.25) is 0 Å². The Kier molecular flexibility index (Phi) is 5.40. The number of esters is 1. The molecule has 1 saturated carbocycles. The van der Waals surface area contributed by atoms with Crippen LogP contribution >= 0.6 is 0 Å². The van der Waals surface area contributed by atoms with Gasteiger partial charge in [0.2, 0.25) is 0 Å². The first kappa shape index (κ1) is 17.5. The third kappa shape index (κ3) is 4.03. The summed E-state index contributed by atoms with van der Waals surface area (Å²) in [5.41, 5.74) is -0.0484. The highest BCUT2D eigenvalue weighted by Gasteiger charge is 2.44. The van der Waals surface area contributed by atoms with Gasteiger partial charge in [-0.2, -0.15) is 0 Å². The van der Waals surface area contributed by atoms with Crippen molar-refractivity contribution in [1.29, 1.82) is 0 Å². The van der Waals surface area contributed by atoms with Crippen molar-refractivity contribution in [3.63, 3.8) is 0 Å². The predicted octanol–water partition coefficient (Wildman–Crippen LogP) is 2.24. The quantitative estimate of drug-likeness (QED) is 0.764. The van der Waals surface area contributed by atoms with E-state index in [0.29, 0.717) is 25.9 Å². The lowest BCUT2D eigenvalue weighted by atomic mass is 9.81. The van der Waals surface area contributed by atoms with E-state index in [2.05, 4.69) is 22.8 Å². The second-order valence-corrected chi connectivity index (χ2v) is 6.79. The molecule has 7 heteroatoms. The Bertz CT molecular complexity index is 605. The van der Waals surface area contributed by atoms with E-state index in [1.165, 1.54) is 0 Å². The van der Waals surface area contributed by atoms with Crippen LogP contribution in [0.5, 0.6) is 0 Å². The Balaban J connectivity index is 1.65. The molecule has 7 nitrogen and oxygen atoms in total. The maximum absolute atomic E-state index is 12.8. The first-order valence-corrected chi connectivity index (χ1v) is 9.01. The fraction of sp³-hybridized carbons (Fsp3) is 0.611. The van der Waals surface area contributed by atoms with E-state index < -0.39 is 23.6 Å². The van der Waals surface area contributed by atoms with Gasteiger partial charge in [0.25, 0.3) is 0 Å². The van der Waals surface area contributed by atoms with Crippen molar-refractivity contribution >= 4 is 18.0 Å². The number of hydrogen-bond donors (Lipinski definition) is 2. The van der Waals surface area contributed by atoms with Gasteiger partial charge in [-0.25, -0.2) is 19.3 Å². The average molecular weight is 347 g/mol. The summed E-state index contributed by atoms with van der Waals surface area (Å²) >= 11 is 0. The van der Waals surface area contributed by atoms with E-state index in [9.17, 15) is 14.4 Å². The Morgan fingerprint density at radius 2 is 2.04 bits per heavy atom. The molecule has 1 aliphatic heterocycles. The largest absolute Gasteiger partial charge is 0.459 e. The zero-order valence-electron chi connectivity index (χ0n) is 14.4. The molecule has 0 spiro atoms. The van der Waals surface area contributed by atoms with Gasteiger partial charge in [-0.1, -0.05) is 37.5 Å². The molecule has 3 aliphatic rings. The molecule has 1 saturated heterocycles. The van der Waals surface area contributed by atoms with Crippen molar-refractivity contribution in [1.82, 2.24) is 15.5 Å². The summed E-state index contributed by atoms with van der Waals surface area (Å²) in [7, 11) is 0. The number of imide groups is 1. The van der Waals surface area contributed by atoms with Gasteiger partial charge in [0, 0.05) is 13.1 Å². The maximum Gasteiger partial charge on any atom is 0.332 e. The third-order valence-electron chi connectivity index (χ3n) is 4.99. The lowest BCUT2D eigenvalue weighted by Gasteiger charge is -2.36. The lowest BCUT2D eigenvalue weighted by Crippen LogP contribution is -2.59. The molecule has 3 rings (SSSR count). The van der Waals surface area contributed by atoms with Crippen LogP contribution in [0.15, 0.2) is 23.8 Å². The summed E-state index contributed by atoms with van der Waals surface area (Å²) < 4.78 is 5.52. The molecule has 0 radical (unpaired) electrons. The van der Waals surface area contributed by atoms with E-state index in [-0.39, 0.29) is 6.61 Å². The van der Waals surface area contributed by atoms with Crippen molar-refractivity contribution in [2.24, 2.45) is 0 Å². The summed E-state index contributed by atoms with van der Waals surface area (Å²) in [6.45, 7) is 0.967. The molecule has 2 fully saturated rings. The summed E-state index contributed by atoms with van der Waals surface area (Å²) in [4.78, 5) is 38.0. The molecule has 0 aromatic rings. The number of carbonyl (C=O) groups is 3. The van der Waals surface area contributed by atoms with Gasteiger partial charge in [-0.05, 0) is 31.3 Å². The van der Waals surface area contributed by atoms with Gasteiger partial charge in [-0.3, -0.25) is 0 Å². The number of nitrogens with one attached hydrogen (secondary N) is 2. The number of amides is 4.